The second-order valence-corrected chi connectivity index (χ2v) is 3.80. The van der Waals surface area contributed by atoms with Gasteiger partial charge in [0.2, 0.25) is 0 Å². The van der Waals surface area contributed by atoms with Crippen LogP contribution >= 0.6 is 0 Å². The highest BCUT2D eigenvalue weighted by Gasteiger charge is 2.20. The molecule has 0 radical (unpaired) electrons. The third-order valence-corrected chi connectivity index (χ3v) is 2.64. The van der Waals surface area contributed by atoms with Crippen molar-refractivity contribution in [1.82, 2.24) is 10.2 Å². The highest BCUT2D eigenvalue weighted by atomic mass is 16.5. The fraction of sp³-hybridized carbons (Fsp3) is 0.800. The molecule has 0 aromatic carbocycles. The van der Waals surface area contributed by atoms with Crippen LogP contribution in [-0.4, -0.2) is 54.9 Å². The molecule has 1 atom stereocenters. The Hall–Kier alpha value is -1.30. The SMILES string of the molecule is COC(CNC(=O)N1CCCCC1)C(=O)O. The van der Waals surface area contributed by atoms with Crippen molar-refractivity contribution in [3.8, 4) is 0 Å². The Kier molecular flexibility index (Phi) is 5.04. The van der Waals surface area contributed by atoms with Crippen LogP contribution in [0.3, 0.4) is 0 Å². The maximum Gasteiger partial charge on any atom is 0.334 e. The minimum atomic E-state index is -1.07. The van der Waals surface area contributed by atoms with Gasteiger partial charge in [-0.25, -0.2) is 9.59 Å². The van der Waals surface area contributed by atoms with E-state index in [4.69, 9.17) is 9.84 Å². The number of urea groups is 1. The first kappa shape index (κ1) is 12.8. The average molecular weight is 230 g/mol. The predicted octanol–water partition coefficient (Wildman–Crippen LogP) is 0.281. The van der Waals surface area contributed by atoms with Crippen molar-refractivity contribution >= 4 is 12.0 Å². The van der Waals surface area contributed by atoms with Gasteiger partial charge in [-0.05, 0) is 19.3 Å². The van der Waals surface area contributed by atoms with Gasteiger partial charge in [-0.2, -0.15) is 0 Å². The summed E-state index contributed by atoms with van der Waals surface area (Å²) in [6.45, 7) is 1.49. The van der Waals surface area contributed by atoms with Crippen molar-refractivity contribution in [1.29, 1.82) is 0 Å². The van der Waals surface area contributed by atoms with E-state index in [0.29, 0.717) is 0 Å². The monoisotopic (exact) mass is 230 g/mol. The van der Waals surface area contributed by atoms with Gasteiger partial charge in [0, 0.05) is 20.2 Å². The molecule has 1 saturated heterocycles. The number of carbonyl (C=O) groups is 2. The predicted molar refractivity (Wildman–Crippen MR) is 57.3 cm³/mol. The van der Waals surface area contributed by atoms with Gasteiger partial charge in [-0.1, -0.05) is 0 Å². The smallest absolute Gasteiger partial charge is 0.334 e. The van der Waals surface area contributed by atoms with Gasteiger partial charge < -0.3 is 20.1 Å². The van der Waals surface area contributed by atoms with Crippen LogP contribution in [0.25, 0.3) is 0 Å². The highest BCUT2D eigenvalue weighted by molar-refractivity contribution is 5.77. The van der Waals surface area contributed by atoms with Crippen LogP contribution < -0.4 is 5.32 Å². The molecule has 0 bridgehead atoms. The zero-order valence-electron chi connectivity index (χ0n) is 9.44. The van der Waals surface area contributed by atoms with E-state index in [1.54, 1.807) is 4.90 Å². The number of nitrogens with zero attached hydrogens (tertiary/aromatic N) is 1. The standard InChI is InChI=1S/C10H18N2O4/c1-16-8(9(13)14)7-11-10(15)12-5-3-2-4-6-12/h8H,2-7H2,1H3,(H,11,15)(H,13,14). The first-order chi connectivity index (χ1) is 7.65. The zero-order valence-corrected chi connectivity index (χ0v) is 9.44. The lowest BCUT2D eigenvalue weighted by Crippen LogP contribution is -2.46. The largest absolute Gasteiger partial charge is 0.479 e. The van der Waals surface area contributed by atoms with Crippen molar-refractivity contribution in [2.24, 2.45) is 0 Å². The molecule has 0 aromatic heterocycles. The second-order valence-electron chi connectivity index (χ2n) is 3.80. The van der Waals surface area contributed by atoms with Crippen LogP contribution in [0.1, 0.15) is 19.3 Å². The Morgan fingerprint density at radius 1 is 1.38 bits per heavy atom. The van der Waals surface area contributed by atoms with Gasteiger partial charge in [0.1, 0.15) is 0 Å². The minimum absolute atomic E-state index is 0.00116. The molecule has 2 amide bonds. The molecular formula is C10H18N2O4. The number of ether oxygens (including phenoxy) is 1. The van der Waals surface area contributed by atoms with Crippen LogP contribution in [0.5, 0.6) is 0 Å². The van der Waals surface area contributed by atoms with Crippen LogP contribution in [-0.2, 0) is 9.53 Å². The molecule has 0 spiro atoms. The molecule has 1 heterocycles. The molecule has 0 saturated carbocycles. The summed E-state index contributed by atoms with van der Waals surface area (Å²) in [7, 11) is 1.31. The van der Waals surface area contributed by atoms with E-state index < -0.39 is 12.1 Å². The van der Waals surface area contributed by atoms with Crippen molar-refractivity contribution in [2.45, 2.75) is 25.4 Å². The number of hydrogen-bond donors (Lipinski definition) is 2. The van der Waals surface area contributed by atoms with Crippen LogP contribution in [0, 0.1) is 0 Å². The molecule has 92 valence electrons. The van der Waals surface area contributed by atoms with E-state index >= 15 is 0 Å². The number of carboxylic acids is 1. The number of carbonyl (C=O) groups excluding carboxylic acids is 1. The third kappa shape index (κ3) is 3.69. The molecule has 6 heteroatoms. The van der Waals surface area contributed by atoms with Crippen molar-refractivity contribution in [2.75, 3.05) is 26.7 Å². The van der Waals surface area contributed by atoms with Gasteiger partial charge >= 0.3 is 12.0 Å². The summed E-state index contributed by atoms with van der Waals surface area (Å²) in [6, 6.07) is -0.206. The second kappa shape index (κ2) is 6.32. The van der Waals surface area contributed by atoms with Crippen molar-refractivity contribution < 1.29 is 19.4 Å². The lowest BCUT2D eigenvalue weighted by molar-refractivity contribution is -0.148. The summed E-state index contributed by atoms with van der Waals surface area (Å²) in [6.07, 6.45) is 2.20. The van der Waals surface area contributed by atoms with Crippen molar-refractivity contribution in [3.05, 3.63) is 0 Å². The van der Waals surface area contributed by atoms with Gasteiger partial charge in [0.25, 0.3) is 0 Å². The van der Waals surface area contributed by atoms with E-state index in [1.165, 1.54) is 7.11 Å². The maximum atomic E-state index is 11.6. The molecule has 0 aromatic rings. The number of carboxylic acid groups (broad SMARTS) is 1. The zero-order chi connectivity index (χ0) is 12.0. The Balaban J connectivity index is 2.30. The molecule has 1 fully saturated rings. The van der Waals surface area contributed by atoms with Crippen LogP contribution in [0.2, 0.25) is 0 Å². The summed E-state index contributed by atoms with van der Waals surface area (Å²) in [5, 5.41) is 11.3. The minimum Gasteiger partial charge on any atom is -0.479 e. The van der Waals surface area contributed by atoms with E-state index in [0.717, 1.165) is 32.4 Å². The first-order valence-electron chi connectivity index (χ1n) is 5.43. The molecule has 0 aliphatic carbocycles. The average Bonchev–Trinajstić information content (AvgIpc) is 2.30. The van der Waals surface area contributed by atoms with Crippen LogP contribution in [0.4, 0.5) is 4.79 Å². The normalized spacial score (nSPS) is 17.9. The molecule has 1 aliphatic heterocycles. The van der Waals surface area contributed by atoms with E-state index in [2.05, 4.69) is 5.32 Å². The molecule has 1 rings (SSSR count). The summed E-state index contributed by atoms with van der Waals surface area (Å²) < 4.78 is 4.72. The van der Waals surface area contributed by atoms with Gasteiger partial charge in [0.15, 0.2) is 6.10 Å². The number of hydrogen-bond acceptors (Lipinski definition) is 3. The number of aliphatic carboxylic acids is 1. The van der Waals surface area contributed by atoms with Gasteiger partial charge in [0.05, 0.1) is 6.54 Å². The van der Waals surface area contributed by atoms with E-state index in [-0.39, 0.29) is 12.6 Å². The van der Waals surface area contributed by atoms with Gasteiger partial charge in [-0.3, -0.25) is 0 Å². The number of methoxy groups -OCH3 is 1. The molecule has 6 nitrogen and oxygen atoms in total. The number of piperidine rings is 1. The number of likely N-dealkylation sites (tertiary alicyclic amines) is 1. The Labute approximate surface area is 94.6 Å². The quantitative estimate of drug-likeness (QED) is 0.727. The van der Waals surface area contributed by atoms with E-state index in [9.17, 15) is 9.59 Å². The lowest BCUT2D eigenvalue weighted by Gasteiger charge is -2.27. The van der Waals surface area contributed by atoms with E-state index in [1.807, 2.05) is 0 Å². The fourth-order valence-electron chi connectivity index (χ4n) is 1.66. The summed E-state index contributed by atoms with van der Waals surface area (Å²) >= 11 is 0. The molecule has 1 unspecified atom stereocenters. The number of amides is 2. The van der Waals surface area contributed by atoms with Crippen molar-refractivity contribution in [3.63, 3.8) is 0 Å². The summed E-state index contributed by atoms with van der Waals surface area (Å²) in [4.78, 5) is 23.9. The third-order valence-electron chi connectivity index (χ3n) is 2.64. The summed E-state index contributed by atoms with van der Waals surface area (Å²) in [5.41, 5.74) is 0. The van der Waals surface area contributed by atoms with Crippen LogP contribution in [0.15, 0.2) is 0 Å². The first-order valence-corrected chi connectivity index (χ1v) is 5.43. The Morgan fingerprint density at radius 2 is 2.00 bits per heavy atom. The fourth-order valence-corrected chi connectivity index (χ4v) is 1.66. The Morgan fingerprint density at radius 3 is 2.50 bits per heavy atom. The Bertz CT molecular complexity index is 251. The molecule has 2 N–H and O–H groups in total. The maximum absolute atomic E-state index is 11.6. The number of nitrogens with one attached hydrogen (secondary N) is 1. The highest BCUT2D eigenvalue weighted by Crippen LogP contribution is 2.08. The number of rotatable bonds is 4. The molecular weight excluding hydrogens is 212 g/mol. The topological polar surface area (TPSA) is 78.9 Å². The molecule has 16 heavy (non-hydrogen) atoms. The molecule has 1 aliphatic rings. The van der Waals surface area contributed by atoms with Gasteiger partial charge in [-0.15, -0.1) is 0 Å². The lowest BCUT2D eigenvalue weighted by atomic mass is 10.1. The summed E-state index contributed by atoms with van der Waals surface area (Å²) in [5.74, 6) is -1.07.